The van der Waals surface area contributed by atoms with E-state index in [1.165, 1.54) is 7.11 Å². The lowest BCUT2D eigenvalue weighted by atomic mass is 9.64. The number of allylic oxidation sites excluding steroid dienone is 1. The van der Waals surface area contributed by atoms with Gasteiger partial charge in [-0.2, -0.15) is 0 Å². The first-order valence-corrected chi connectivity index (χ1v) is 10.00. The number of halogens is 1. The van der Waals surface area contributed by atoms with Crippen molar-refractivity contribution in [1.29, 1.82) is 0 Å². The number of hydrogen-bond donors (Lipinski definition) is 0. The zero-order valence-corrected chi connectivity index (χ0v) is 17.7. The van der Waals surface area contributed by atoms with Gasteiger partial charge in [0, 0.05) is 22.3 Å². The van der Waals surface area contributed by atoms with E-state index in [0.29, 0.717) is 28.4 Å². The second-order valence-electron chi connectivity index (χ2n) is 7.41. The minimum atomic E-state index is -0.888. The number of ketones is 1. The molecule has 0 radical (unpaired) electrons. The van der Waals surface area contributed by atoms with E-state index in [0.717, 1.165) is 5.56 Å². The molecule has 1 aliphatic heterocycles. The third-order valence-electron chi connectivity index (χ3n) is 5.60. The van der Waals surface area contributed by atoms with Crippen molar-refractivity contribution in [2.24, 2.45) is 22.7 Å². The van der Waals surface area contributed by atoms with Crippen molar-refractivity contribution < 1.29 is 23.9 Å². The highest BCUT2D eigenvalue weighted by Gasteiger charge is 2.51. The summed E-state index contributed by atoms with van der Waals surface area (Å²) in [6.45, 7) is 5.53. The Morgan fingerprint density at radius 2 is 1.86 bits per heavy atom. The minimum absolute atomic E-state index is 0.208. The third-order valence-corrected chi connectivity index (χ3v) is 5.85. The number of aliphatic imine (C=N–C) groups is 1. The van der Waals surface area contributed by atoms with Crippen LogP contribution in [0.2, 0.25) is 5.02 Å². The lowest BCUT2D eigenvalue weighted by Gasteiger charge is -2.40. The molecule has 1 aliphatic carbocycles. The van der Waals surface area contributed by atoms with Crippen LogP contribution < -0.4 is 0 Å². The van der Waals surface area contributed by atoms with Gasteiger partial charge in [0.15, 0.2) is 5.78 Å². The van der Waals surface area contributed by atoms with Gasteiger partial charge in [0.05, 0.1) is 25.2 Å². The first-order valence-electron chi connectivity index (χ1n) is 9.62. The van der Waals surface area contributed by atoms with E-state index in [9.17, 15) is 14.4 Å². The average Bonchev–Trinajstić information content (AvgIpc) is 2.67. The second-order valence-corrected chi connectivity index (χ2v) is 7.85. The molecule has 0 aromatic heterocycles. The second kappa shape index (κ2) is 8.49. The van der Waals surface area contributed by atoms with E-state index < -0.39 is 29.7 Å². The summed E-state index contributed by atoms with van der Waals surface area (Å²) in [5.74, 6) is -3.77. The highest BCUT2D eigenvalue weighted by atomic mass is 35.5. The summed E-state index contributed by atoms with van der Waals surface area (Å²) in [5, 5.41) is 0.549. The van der Waals surface area contributed by atoms with Crippen molar-refractivity contribution in [2.45, 2.75) is 33.1 Å². The highest BCUT2D eigenvalue weighted by Crippen LogP contribution is 2.45. The van der Waals surface area contributed by atoms with E-state index in [4.69, 9.17) is 21.1 Å². The molecule has 0 amide bonds. The monoisotopic (exact) mass is 417 g/mol. The largest absolute Gasteiger partial charge is 0.468 e. The molecule has 2 aliphatic rings. The highest BCUT2D eigenvalue weighted by molar-refractivity contribution is 6.30. The number of methoxy groups -OCH3 is 1. The van der Waals surface area contributed by atoms with Gasteiger partial charge < -0.3 is 9.47 Å². The van der Waals surface area contributed by atoms with Crippen molar-refractivity contribution >= 4 is 35.0 Å². The molecule has 4 atom stereocenters. The number of esters is 2. The predicted molar refractivity (Wildman–Crippen MR) is 109 cm³/mol. The van der Waals surface area contributed by atoms with E-state index in [-0.39, 0.29) is 18.3 Å². The summed E-state index contributed by atoms with van der Waals surface area (Å²) in [4.78, 5) is 43.2. The average molecular weight is 418 g/mol. The molecule has 0 unspecified atom stereocenters. The van der Waals surface area contributed by atoms with Gasteiger partial charge in [0.25, 0.3) is 0 Å². The number of carbonyl (C=O) groups excluding carboxylic acids is 3. The van der Waals surface area contributed by atoms with Crippen LogP contribution in [0.3, 0.4) is 0 Å². The molecule has 0 spiro atoms. The van der Waals surface area contributed by atoms with E-state index in [1.807, 2.05) is 6.92 Å². The van der Waals surface area contributed by atoms with Gasteiger partial charge in [-0.15, -0.1) is 0 Å². The normalized spacial score (nSPS) is 26.5. The fourth-order valence-corrected chi connectivity index (χ4v) is 4.47. The standard InChI is InChI=1S/C22H24ClNO5/c1-5-29-22(27)17-12(3)24-15-10-11(2)16(21(26)28-4)20(25)19(15)18(17)13-6-8-14(23)9-7-13/h6-9,11,16,18-19H,5,10H2,1-4H3/t11-,16-,18+,19-/m1/s1. The van der Waals surface area contributed by atoms with Crippen LogP contribution in [0.15, 0.2) is 40.5 Å². The van der Waals surface area contributed by atoms with E-state index in [2.05, 4.69) is 4.99 Å². The minimum Gasteiger partial charge on any atom is -0.468 e. The summed E-state index contributed by atoms with van der Waals surface area (Å²) in [6, 6.07) is 7.02. The van der Waals surface area contributed by atoms with Crippen molar-refractivity contribution in [3.8, 4) is 0 Å². The van der Waals surface area contributed by atoms with Gasteiger partial charge in [-0.05, 0) is 43.9 Å². The van der Waals surface area contributed by atoms with Crippen LogP contribution in [-0.2, 0) is 23.9 Å². The smallest absolute Gasteiger partial charge is 0.336 e. The van der Waals surface area contributed by atoms with Gasteiger partial charge in [0.1, 0.15) is 5.92 Å². The summed E-state index contributed by atoms with van der Waals surface area (Å²) < 4.78 is 10.1. The molecule has 6 nitrogen and oxygen atoms in total. The van der Waals surface area contributed by atoms with Crippen LogP contribution in [0.1, 0.15) is 38.7 Å². The fourth-order valence-electron chi connectivity index (χ4n) is 4.34. The molecule has 3 rings (SSSR count). The van der Waals surface area contributed by atoms with Crippen LogP contribution in [0.5, 0.6) is 0 Å². The quantitative estimate of drug-likeness (QED) is 0.550. The fraction of sp³-hybridized carbons (Fsp3) is 0.455. The van der Waals surface area contributed by atoms with Crippen LogP contribution in [0.25, 0.3) is 0 Å². The molecule has 7 heteroatoms. The van der Waals surface area contributed by atoms with Crippen molar-refractivity contribution in [2.75, 3.05) is 13.7 Å². The molecule has 1 heterocycles. The SMILES string of the molecule is CCOC(=O)C1=C(C)N=C2C[C@@H](C)[C@@H](C(=O)OC)C(=O)[C@H]2[C@H]1c1ccc(Cl)cc1. The van der Waals surface area contributed by atoms with Crippen LogP contribution >= 0.6 is 11.6 Å². The Labute approximate surface area is 174 Å². The third kappa shape index (κ3) is 3.86. The van der Waals surface area contributed by atoms with Crippen molar-refractivity contribution in [3.63, 3.8) is 0 Å². The van der Waals surface area contributed by atoms with Crippen LogP contribution in [0, 0.1) is 17.8 Å². The number of hydrogen-bond acceptors (Lipinski definition) is 6. The number of benzene rings is 1. The first-order chi connectivity index (χ1) is 13.8. The van der Waals surface area contributed by atoms with Gasteiger partial charge in [-0.25, -0.2) is 4.79 Å². The number of rotatable bonds is 4. The predicted octanol–water partition coefficient (Wildman–Crippen LogP) is 3.73. The van der Waals surface area contributed by atoms with Gasteiger partial charge in [-0.3, -0.25) is 14.6 Å². The number of fused-ring (bicyclic) bond motifs is 1. The first kappa shape index (κ1) is 21.2. The van der Waals surface area contributed by atoms with E-state index >= 15 is 0 Å². The Bertz CT molecular complexity index is 902. The van der Waals surface area contributed by atoms with Gasteiger partial charge in [-0.1, -0.05) is 30.7 Å². The molecule has 154 valence electrons. The molecule has 0 bridgehead atoms. The Morgan fingerprint density at radius 3 is 2.45 bits per heavy atom. The maximum atomic E-state index is 13.5. The summed E-state index contributed by atoms with van der Waals surface area (Å²) >= 11 is 6.04. The molecular weight excluding hydrogens is 394 g/mol. The topological polar surface area (TPSA) is 82.0 Å². The summed E-state index contributed by atoms with van der Waals surface area (Å²) in [5.41, 5.74) is 2.31. The molecular formula is C22H24ClNO5. The van der Waals surface area contributed by atoms with Crippen molar-refractivity contribution in [3.05, 3.63) is 46.1 Å². The Kier molecular flexibility index (Phi) is 6.22. The van der Waals surface area contributed by atoms with Crippen LogP contribution in [-0.4, -0.2) is 37.2 Å². The lowest BCUT2D eigenvalue weighted by molar-refractivity contribution is -0.152. The van der Waals surface area contributed by atoms with Gasteiger partial charge in [0.2, 0.25) is 0 Å². The van der Waals surface area contributed by atoms with Gasteiger partial charge >= 0.3 is 11.9 Å². The number of carbonyl (C=O) groups is 3. The Hall–Kier alpha value is -2.47. The molecule has 1 aromatic carbocycles. The summed E-state index contributed by atoms with van der Waals surface area (Å²) in [6.07, 6.45) is 0.480. The zero-order chi connectivity index (χ0) is 21.3. The zero-order valence-electron chi connectivity index (χ0n) is 16.9. The maximum Gasteiger partial charge on any atom is 0.336 e. The molecule has 0 saturated heterocycles. The molecule has 0 N–H and O–H groups in total. The number of nitrogens with zero attached hydrogens (tertiary/aromatic N) is 1. The molecule has 1 aromatic rings. The lowest BCUT2D eigenvalue weighted by Crippen LogP contribution is -2.48. The Balaban J connectivity index is 2.17. The van der Waals surface area contributed by atoms with Crippen LogP contribution in [0.4, 0.5) is 0 Å². The molecule has 1 saturated carbocycles. The van der Waals surface area contributed by atoms with E-state index in [1.54, 1.807) is 38.1 Å². The summed E-state index contributed by atoms with van der Waals surface area (Å²) in [7, 11) is 1.28. The number of Topliss-reactive ketones (excluding diaryl/α,β-unsaturated/α-hetero) is 1. The Morgan fingerprint density at radius 1 is 1.21 bits per heavy atom. The molecule has 1 fully saturated rings. The molecule has 29 heavy (non-hydrogen) atoms. The number of ether oxygens (including phenoxy) is 2. The van der Waals surface area contributed by atoms with Crippen molar-refractivity contribution in [1.82, 2.24) is 0 Å². The maximum absolute atomic E-state index is 13.5.